The van der Waals surface area contributed by atoms with Gasteiger partial charge in [0.05, 0.1) is 0 Å². The van der Waals surface area contributed by atoms with Gasteiger partial charge >= 0.3 is 0 Å². The number of nitrogens with zero attached hydrogens (tertiary/aromatic N) is 3. The fourth-order valence-corrected chi connectivity index (χ4v) is 4.48. The molecule has 3 rings (SSSR count). The molecule has 0 aliphatic carbocycles. The van der Waals surface area contributed by atoms with Gasteiger partial charge in [0, 0.05) is 64.6 Å². The summed E-state index contributed by atoms with van der Waals surface area (Å²) < 4.78 is 0. The predicted octanol–water partition coefficient (Wildman–Crippen LogP) is 2.65. The highest BCUT2D eigenvalue weighted by Crippen LogP contribution is 2.18. The van der Waals surface area contributed by atoms with Crippen LogP contribution in [0.2, 0.25) is 0 Å². The van der Waals surface area contributed by atoms with E-state index in [1.807, 2.05) is 28.0 Å². The molecule has 32 heavy (non-hydrogen) atoms. The van der Waals surface area contributed by atoms with Crippen LogP contribution in [0.1, 0.15) is 44.6 Å². The van der Waals surface area contributed by atoms with E-state index in [1.165, 1.54) is 12.0 Å². The number of carbonyl (C=O) groups is 2. The Balaban J connectivity index is 0.00000363. The number of hydrogen-bond donors (Lipinski definition) is 2. The minimum atomic E-state index is 0. The molecular weight excluding hydrogens is 517 g/mol. The number of rotatable bonds is 8. The number of hydrogen-bond acceptors (Lipinski definition) is 3. The normalized spacial score (nSPS) is 21.3. The molecule has 0 spiro atoms. The highest BCUT2D eigenvalue weighted by molar-refractivity contribution is 14.0. The number of amides is 2. The zero-order valence-corrected chi connectivity index (χ0v) is 21.7. The average molecular weight is 556 g/mol. The van der Waals surface area contributed by atoms with Crippen LogP contribution in [0.25, 0.3) is 0 Å². The van der Waals surface area contributed by atoms with Crippen LogP contribution in [0.4, 0.5) is 0 Å². The number of benzene rings is 1. The van der Waals surface area contributed by atoms with Gasteiger partial charge in [-0.3, -0.25) is 14.6 Å². The Labute approximate surface area is 209 Å². The number of guanidine groups is 1. The van der Waals surface area contributed by atoms with Crippen molar-refractivity contribution in [3.05, 3.63) is 35.9 Å². The van der Waals surface area contributed by atoms with E-state index in [1.54, 1.807) is 7.05 Å². The zero-order valence-electron chi connectivity index (χ0n) is 19.4. The summed E-state index contributed by atoms with van der Waals surface area (Å²) in [4.78, 5) is 33.1. The first-order chi connectivity index (χ1) is 15.1. The van der Waals surface area contributed by atoms with Gasteiger partial charge in [-0.05, 0) is 38.2 Å². The van der Waals surface area contributed by atoms with Gasteiger partial charge in [0.1, 0.15) is 0 Å². The first kappa shape index (κ1) is 26.4. The van der Waals surface area contributed by atoms with Crippen LogP contribution in [0.15, 0.2) is 35.3 Å². The van der Waals surface area contributed by atoms with Gasteiger partial charge in [0.25, 0.3) is 0 Å². The molecule has 7 nitrogen and oxygen atoms in total. The molecule has 2 amide bonds. The van der Waals surface area contributed by atoms with Crippen LogP contribution in [0.3, 0.4) is 0 Å². The molecule has 1 aromatic rings. The molecule has 2 heterocycles. The van der Waals surface area contributed by atoms with E-state index in [0.29, 0.717) is 37.9 Å². The van der Waals surface area contributed by atoms with Crippen LogP contribution < -0.4 is 10.6 Å². The molecule has 178 valence electrons. The van der Waals surface area contributed by atoms with Gasteiger partial charge in [-0.2, -0.15) is 0 Å². The maximum Gasteiger partial charge on any atom is 0.224 e. The molecule has 0 aromatic heterocycles. The fourth-order valence-electron chi connectivity index (χ4n) is 4.48. The monoisotopic (exact) mass is 555 g/mol. The van der Waals surface area contributed by atoms with Crippen molar-refractivity contribution in [3.63, 3.8) is 0 Å². The molecule has 2 fully saturated rings. The summed E-state index contributed by atoms with van der Waals surface area (Å²) >= 11 is 0. The van der Waals surface area contributed by atoms with E-state index in [0.717, 1.165) is 38.9 Å². The smallest absolute Gasteiger partial charge is 0.224 e. The average Bonchev–Trinajstić information content (AvgIpc) is 3.15. The van der Waals surface area contributed by atoms with Gasteiger partial charge in [0.15, 0.2) is 5.96 Å². The molecule has 2 aliphatic rings. The molecular formula is C24H38IN5O2. The highest BCUT2D eigenvalue weighted by Gasteiger charge is 2.29. The molecule has 2 atom stereocenters. The Kier molecular flexibility index (Phi) is 11.3. The van der Waals surface area contributed by atoms with E-state index >= 15 is 0 Å². The number of carbonyl (C=O) groups excluding carboxylic acids is 2. The standard InChI is InChI=1S/C24H37N5O2.HI/c1-19-8-6-7-14-29(19)22(30)11-13-26-24(25-2)27-17-21-16-23(31)28(18-21)15-12-20-9-4-3-5-10-20;/h3-5,9-10,19,21H,6-8,11-18H2,1-2H3,(H2,25,26,27);1H. The maximum absolute atomic E-state index is 12.5. The number of halogens is 1. The Morgan fingerprint density at radius 3 is 2.69 bits per heavy atom. The number of piperidine rings is 1. The molecule has 2 unspecified atom stereocenters. The van der Waals surface area contributed by atoms with Crippen molar-refractivity contribution in [2.45, 2.75) is 51.5 Å². The molecule has 2 aliphatic heterocycles. The third kappa shape index (κ3) is 7.94. The van der Waals surface area contributed by atoms with Crippen molar-refractivity contribution in [2.75, 3.05) is 39.8 Å². The summed E-state index contributed by atoms with van der Waals surface area (Å²) in [7, 11) is 1.73. The summed E-state index contributed by atoms with van der Waals surface area (Å²) in [5, 5.41) is 6.56. The lowest BCUT2D eigenvalue weighted by Crippen LogP contribution is -2.45. The number of likely N-dealkylation sites (tertiary alicyclic amines) is 2. The van der Waals surface area contributed by atoms with Gasteiger partial charge in [0.2, 0.25) is 11.8 Å². The Hall–Kier alpha value is -1.84. The van der Waals surface area contributed by atoms with Crippen molar-refractivity contribution < 1.29 is 9.59 Å². The summed E-state index contributed by atoms with van der Waals surface area (Å²) in [6.07, 6.45) is 5.36. The lowest BCUT2D eigenvalue weighted by molar-refractivity contribution is -0.134. The Bertz CT molecular complexity index is 758. The fraction of sp³-hybridized carbons (Fsp3) is 0.625. The number of aliphatic imine (C=N–C) groups is 1. The summed E-state index contributed by atoms with van der Waals surface area (Å²) in [6, 6.07) is 10.6. The van der Waals surface area contributed by atoms with E-state index in [9.17, 15) is 9.59 Å². The molecule has 0 bridgehead atoms. The summed E-state index contributed by atoms with van der Waals surface area (Å²) in [5.41, 5.74) is 1.26. The second kappa shape index (κ2) is 13.6. The van der Waals surface area contributed by atoms with Crippen molar-refractivity contribution in [3.8, 4) is 0 Å². The second-order valence-electron chi connectivity index (χ2n) is 8.71. The number of nitrogens with one attached hydrogen (secondary N) is 2. The third-order valence-corrected chi connectivity index (χ3v) is 6.34. The van der Waals surface area contributed by atoms with Crippen LogP contribution in [-0.4, -0.2) is 73.4 Å². The van der Waals surface area contributed by atoms with E-state index < -0.39 is 0 Å². The van der Waals surface area contributed by atoms with Gasteiger partial charge in [-0.25, -0.2) is 0 Å². The first-order valence-electron chi connectivity index (χ1n) is 11.6. The van der Waals surface area contributed by atoms with Crippen molar-refractivity contribution >= 4 is 41.8 Å². The first-order valence-corrected chi connectivity index (χ1v) is 11.6. The van der Waals surface area contributed by atoms with Crippen molar-refractivity contribution in [1.29, 1.82) is 0 Å². The molecule has 0 radical (unpaired) electrons. The summed E-state index contributed by atoms with van der Waals surface area (Å²) in [6.45, 7) is 5.82. The van der Waals surface area contributed by atoms with Gasteiger partial charge < -0.3 is 20.4 Å². The lowest BCUT2D eigenvalue weighted by atomic mass is 10.0. The van der Waals surface area contributed by atoms with Crippen LogP contribution in [-0.2, 0) is 16.0 Å². The zero-order chi connectivity index (χ0) is 22.1. The minimum Gasteiger partial charge on any atom is -0.356 e. The predicted molar refractivity (Wildman–Crippen MR) is 139 cm³/mol. The van der Waals surface area contributed by atoms with E-state index in [-0.39, 0.29) is 41.7 Å². The van der Waals surface area contributed by atoms with Crippen LogP contribution in [0, 0.1) is 5.92 Å². The molecule has 8 heteroatoms. The quantitative estimate of drug-likeness (QED) is 0.294. The minimum absolute atomic E-state index is 0. The van der Waals surface area contributed by atoms with Gasteiger partial charge in [-0.1, -0.05) is 30.3 Å². The SMILES string of the molecule is CN=C(NCCC(=O)N1CCCCC1C)NCC1CC(=O)N(CCc2ccccc2)C1.I. The van der Waals surface area contributed by atoms with Gasteiger partial charge in [-0.15, -0.1) is 24.0 Å². The molecule has 2 N–H and O–H groups in total. The topological polar surface area (TPSA) is 77.0 Å². The van der Waals surface area contributed by atoms with Crippen LogP contribution in [0.5, 0.6) is 0 Å². The lowest BCUT2D eigenvalue weighted by Gasteiger charge is -2.33. The van der Waals surface area contributed by atoms with Crippen LogP contribution >= 0.6 is 24.0 Å². The van der Waals surface area contributed by atoms with Crippen molar-refractivity contribution in [1.82, 2.24) is 20.4 Å². The molecule has 0 saturated carbocycles. The van der Waals surface area contributed by atoms with Crippen molar-refractivity contribution in [2.24, 2.45) is 10.9 Å². The van der Waals surface area contributed by atoms with E-state index in [4.69, 9.17) is 0 Å². The molecule has 1 aromatic carbocycles. The highest BCUT2D eigenvalue weighted by atomic mass is 127. The Morgan fingerprint density at radius 2 is 1.97 bits per heavy atom. The third-order valence-electron chi connectivity index (χ3n) is 6.34. The summed E-state index contributed by atoms with van der Waals surface area (Å²) in [5.74, 6) is 1.41. The largest absolute Gasteiger partial charge is 0.356 e. The molecule has 2 saturated heterocycles. The Morgan fingerprint density at radius 1 is 1.19 bits per heavy atom. The van der Waals surface area contributed by atoms with E-state index in [2.05, 4.69) is 34.7 Å². The maximum atomic E-state index is 12.5. The second-order valence-corrected chi connectivity index (χ2v) is 8.71.